The SMILES string of the molecule is CNC(c1cc(F)ccc1Br)c1cncc2ccccc12. The number of nitrogens with zero attached hydrogens (tertiary/aromatic N) is 1. The van der Waals surface area contributed by atoms with Gasteiger partial charge in [-0.1, -0.05) is 40.2 Å². The van der Waals surface area contributed by atoms with Gasteiger partial charge in [0.05, 0.1) is 6.04 Å². The number of aromatic nitrogens is 1. The Kier molecular flexibility index (Phi) is 3.99. The predicted molar refractivity (Wildman–Crippen MR) is 86.7 cm³/mol. The van der Waals surface area contributed by atoms with Crippen LogP contribution in [0, 0.1) is 5.82 Å². The molecule has 0 fully saturated rings. The predicted octanol–water partition coefficient (Wildman–Crippen LogP) is 4.45. The van der Waals surface area contributed by atoms with Crippen molar-refractivity contribution in [2.75, 3.05) is 7.05 Å². The first kappa shape index (κ1) is 14.2. The standard InChI is InChI=1S/C17H14BrFN2/c1-20-17(14-8-12(19)6-7-16(14)18)15-10-21-9-11-4-2-3-5-13(11)15/h2-10,17,20H,1H3. The largest absolute Gasteiger partial charge is 0.309 e. The zero-order chi connectivity index (χ0) is 14.8. The van der Waals surface area contributed by atoms with Crippen molar-refractivity contribution in [3.05, 3.63) is 76.3 Å². The van der Waals surface area contributed by atoms with E-state index in [9.17, 15) is 4.39 Å². The molecule has 2 aromatic carbocycles. The van der Waals surface area contributed by atoms with Crippen LogP contribution in [0.4, 0.5) is 4.39 Å². The quantitative estimate of drug-likeness (QED) is 0.759. The van der Waals surface area contributed by atoms with Gasteiger partial charge in [0.2, 0.25) is 0 Å². The molecule has 1 unspecified atom stereocenters. The molecule has 0 amide bonds. The van der Waals surface area contributed by atoms with Crippen molar-refractivity contribution in [1.82, 2.24) is 10.3 Å². The van der Waals surface area contributed by atoms with Crippen LogP contribution in [0.2, 0.25) is 0 Å². The fraction of sp³-hybridized carbons (Fsp3) is 0.118. The molecule has 1 atom stereocenters. The molecule has 0 spiro atoms. The van der Waals surface area contributed by atoms with Crippen LogP contribution in [-0.4, -0.2) is 12.0 Å². The third kappa shape index (κ3) is 2.69. The lowest BCUT2D eigenvalue weighted by Gasteiger charge is -2.20. The third-order valence-electron chi connectivity index (χ3n) is 3.57. The summed E-state index contributed by atoms with van der Waals surface area (Å²) in [6.07, 6.45) is 3.67. The summed E-state index contributed by atoms with van der Waals surface area (Å²) in [5.74, 6) is -0.248. The fourth-order valence-corrected chi connectivity index (χ4v) is 3.06. The number of benzene rings is 2. The lowest BCUT2D eigenvalue weighted by molar-refractivity contribution is 0.616. The van der Waals surface area contributed by atoms with E-state index in [1.54, 1.807) is 12.1 Å². The molecule has 0 aliphatic carbocycles. The van der Waals surface area contributed by atoms with E-state index in [-0.39, 0.29) is 11.9 Å². The molecule has 3 rings (SSSR count). The van der Waals surface area contributed by atoms with E-state index in [1.165, 1.54) is 6.07 Å². The van der Waals surface area contributed by atoms with Gasteiger partial charge in [0, 0.05) is 22.3 Å². The summed E-state index contributed by atoms with van der Waals surface area (Å²) in [5.41, 5.74) is 1.89. The third-order valence-corrected chi connectivity index (χ3v) is 4.29. The normalized spacial score (nSPS) is 12.5. The molecular weight excluding hydrogens is 331 g/mol. The summed E-state index contributed by atoms with van der Waals surface area (Å²) in [6.45, 7) is 0. The zero-order valence-electron chi connectivity index (χ0n) is 11.5. The molecule has 3 aromatic rings. The summed E-state index contributed by atoms with van der Waals surface area (Å²) in [7, 11) is 1.86. The molecule has 21 heavy (non-hydrogen) atoms. The molecule has 0 bridgehead atoms. The second-order valence-electron chi connectivity index (χ2n) is 4.84. The number of fused-ring (bicyclic) bond motifs is 1. The average molecular weight is 345 g/mol. The minimum absolute atomic E-state index is 0.131. The summed E-state index contributed by atoms with van der Waals surface area (Å²) >= 11 is 3.51. The smallest absolute Gasteiger partial charge is 0.123 e. The summed E-state index contributed by atoms with van der Waals surface area (Å²) in [5, 5.41) is 5.44. The van der Waals surface area contributed by atoms with E-state index < -0.39 is 0 Å². The van der Waals surface area contributed by atoms with Gasteiger partial charge in [0.25, 0.3) is 0 Å². The van der Waals surface area contributed by atoms with Crippen molar-refractivity contribution in [1.29, 1.82) is 0 Å². The van der Waals surface area contributed by atoms with Crippen molar-refractivity contribution in [3.8, 4) is 0 Å². The van der Waals surface area contributed by atoms with E-state index in [4.69, 9.17) is 0 Å². The van der Waals surface area contributed by atoms with Crippen LogP contribution in [0.25, 0.3) is 10.8 Å². The van der Waals surface area contributed by atoms with Crippen LogP contribution in [0.3, 0.4) is 0 Å². The molecular formula is C17H14BrFN2. The van der Waals surface area contributed by atoms with Crippen LogP contribution in [-0.2, 0) is 0 Å². The van der Waals surface area contributed by atoms with Crippen LogP contribution in [0.1, 0.15) is 17.2 Å². The highest BCUT2D eigenvalue weighted by Gasteiger charge is 2.18. The molecule has 1 N–H and O–H groups in total. The van der Waals surface area contributed by atoms with Gasteiger partial charge in [0.1, 0.15) is 5.82 Å². The molecule has 4 heteroatoms. The van der Waals surface area contributed by atoms with Gasteiger partial charge in [0.15, 0.2) is 0 Å². The maximum Gasteiger partial charge on any atom is 0.123 e. The highest BCUT2D eigenvalue weighted by molar-refractivity contribution is 9.10. The average Bonchev–Trinajstić information content (AvgIpc) is 2.51. The molecule has 1 heterocycles. The maximum absolute atomic E-state index is 13.6. The number of nitrogens with one attached hydrogen (secondary N) is 1. The summed E-state index contributed by atoms with van der Waals surface area (Å²) < 4.78 is 14.5. The molecule has 1 aromatic heterocycles. The molecule has 106 valence electrons. The second-order valence-corrected chi connectivity index (χ2v) is 5.69. The van der Waals surface area contributed by atoms with Crippen molar-refractivity contribution >= 4 is 26.7 Å². The monoisotopic (exact) mass is 344 g/mol. The zero-order valence-corrected chi connectivity index (χ0v) is 13.1. The Morgan fingerprint density at radius 2 is 1.90 bits per heavy atom. The van der Waals surface area contributed by atoms with E-state index in [0.717, 1.165) is 26.4 Å². The van der Waals surface area contributed by atoms with Crippen LogP contribution in [0.15, 0.2) is 59.3 Å². The lowest BCUT2D eigenvalue weighted by atomic mass is 9.96. The Balaban J connectivity index is 2.21. The molecule has 0 saturated carbocycles. The Morgan fingerprint density at radius 3 is 2.71 bits per heavy atom. The van der Waals surface area contributed by atoms with Gasteiger partial charge in [-0.25, -0.2) is 4.39 Å². The van der Waals surface area contributed by atoms with Gasteiger partial charge < -0.3 is 5.32 Å². The van der Waals surface area contributed by atoms with Gasteiger partial charge >= 0.3 is 0 Å². The molecule has 0 saturated heterocycles. The number of hydrogen-bond donors (Lipinski definition) is 1. The van der Waals surface area contributed by atoms with E-state index >= 15 is 0 Å². The Labute approximate surface area is 131 Å². The first-order chi connectivity index (χ1) is 10.2. The van der Waals surface area contributed by atoms with E-state index in [2.05, 4.69) is 32.3 Å². The van der Waals surface area contributed by atoms with Crippen molar-refractivity contribution in [3.63, 3.8) is 0 Å². The number of halogens is 2. The molecule has 0 aliphatic rings. The minimum atomic E-state index is -0.248. The number of rotatable bonds is 3. The molecule has 2 nitrogen and oxygen atoms in total. The number of pyridine rings is 1. The minimum Gasteiger partial charge on any atom is -0.309 e. The second kappa shape index (κ2) is 5.92. The lowest BCUT2D eigenvalue weighted by Crippen LogP contribution is -2.19. The Hall–Kier alpha value is -1.78. The Bertz CT molecular complexity index is 783. The molecule has 0 aliphatic heterocycles. The summed E-state index contributed by atoms with van der Waals surface area (Å²) in [4.78, 5) is 4.31. The summed E-state index contributed by atoms with van der Waals surface area (Å²) in [6, 6.07) is 12.7. The van der Waals surface area contributed by atoms with Crippen molar-refractivity contribution < 1.29 is 4.39 Å². The van der Waals surface area contributed by atoms with Gasteiger partial charge in [-0.3, -0.25) is 4.98 Å². The van der Waals surface area contributed by atoms with Gasteiger partial charge in [-0.2, -0.15) is 0 Å². The first-order valence-corrected chi connectivity index (χ1v) is 7.45. The first-order valence-electron chi connectivity index (χ1n) is 6.65. The van der Waals surface area contributed by atoms with Gasteiger partial charge in [-0.05, 0) is 41.8 Å². The van der Waals surface area contributed by atoms with Gasteiger partial charge in [-0.15, -0.1) is 0 Å². The van der Waals surface area contributed by atoms with E-state index in [1.807, 2.05) is 37.6 Å². The van der Waals surface area contributed by atoms with Crippen LogP contribution >= 0.6 is 15.9 Å². The highest BCUT2D eigenvalue weighted by atomic mass is 79.9. The van der Waals surface area contributed by atoms with Crippen molar-refractivity contribution in [2.24, 2.45) is 0 Å². The highest BCUT2D eigenvalue weighted by Crippen LogP contribution is 2.32. The van der Waals surface area contributed by atoms with Crippen LogP contribution < -0.4 is 5.32 Å². The number of hydrogen-bond acceptors (Lipinski definition) is 2. The van der Waals surface area contributed by atoms with E-state index in [0.29, 0.717) is 0 Å². The Morgan fingerprint density at radius 1 is 1.10 bits per heavy atom. The topological polar surface area (TPSA) is 24.9 Å². The fourth-order valence-electron chi connectivity index (χ4n) is 2.58. The van der Waals surface area contributed by atoms with Crippen LogP contribution in [0.5, 0.6) is 0 Å². The molecule has 0 radical (unpaired) electrons. The van der Waals surface area contributed by atoms with Crippen molar-refractivity contribution in [2.45, 2.75) is 6.04 Å². The maximum atomic E-state index is 13.6.